The second-order valence-corrected chi connectivity index (χ2v) is 8.18. The number of nitrogens with one attached hydrogen (secondary N) is 1. The average Bonchev–Trinajstić information content (AvgIpc) is 3.30. The zero-order chi connectivity index (χ0) is 19.5. The van der Waals surface area contributed by atoms with Gasteiger partial charge in [-0.1, -0.05) is 42.1 Å². The van der Waals surface area contributed by atoms with E-state index in [9.17, 15) is 4.79 Å². The quantitative estimate of drug-likeness (QED) is 0.410. The number of para-hydroxylation sites is 3. The van der Waals surface area contributed by atoms with E-state index in [2.05, 4.69) is 10.3 Å². The molecule has 0 aliphatic rings. The van der Waals surface area contributed by atoms with Crippen molar-refractivity contribution in [3.05, 3.63) is 70.9 Å². The first-order chi connectivity index (χ1) is 13.7. The Kier molecular flexibility index (Phi) is 5.36. The van der Waals surface area contributed by atoms with Crippen LogP contribution in [0.1, 0.15) is 21.8 Å². The molecule has 0 bridgehead atoms. The van der Waals surface area contributed by atoms with Crippen molar-refractivity contribution < 1.29 is 13.9 Å². The first-order valence-corrected chi connectivity index (χ1v) is 10.5. The Balaban J connectivity index is 1.66. The number of furan rings is 1. The second-order valence-electron chi connectivity index (χ2n) is 6.10. The van der Waals surface area contributed by atoms with Crippen molar-refractivity contribution in [2.24, 2.45) is 0 Å². The number of benzene rings is 2. The summed E-state index contributed by atoms with van der Waals surface area (Å²) < 4.78 is 12.2. The third-order valence-electron chi connectivity index (χ3n) is 4.20. The first kappa shape index (κ1) is 18.6. The molecule has 4 aromatic rings. The summed E-state index contributed by atoms with van der Waals surface area (Å²) in [5, 5.41) is 5.86. The summed E-state index contributed by atoms with van der Waals surface area (Å²) in [4.78, 5) is 17.5. The zero-order valence-corrected chi connectivity index (χ0v) is 17.0. The summed E-state index contributed by atoms with van der Waals surface area (Å²) in [5.41, 5.74) is 3.16. The molecule has 0 radical (unpaired) electrons. The second kappa shape index (κ2) is 8.08. The lowest BCUT2D eigenvalue weighted by molar-refractivity contribution is 0.0997. The smallest absolute Gasteiger partial charge is 0.291 e. The first-order valence-electron chi connectivity index (χ1n) is 8.65. The van der Waals surface area contributed by atoms with Gasteiger partial charge >= 0.3 is 0 Å². The van der Waals surface area contributed by atoms with E-state index >= 15 is 0 Å². The Labute approximate surface area is 170 Å². The predicted octanol–water partition coefficient (Wildman–Crippen LogP) is 5.75. The Morgan fingerprint density at radius 1 is 1.21 bits per heavy atom. The number of hydrogen-bond acceptors (Lipinski definition) is 6. The molecule has 5 nitrogen and oxygen atoms in total. The molecule has 28 heavy (non-hydrogen) atoms. The Morgan fingerprint density at radius 2 is 2.00 bits per heavy atom. The number of nitrogens with zero attached hydrogens (tertiary/aromatic N) is 1. The van der Waals surface area contributed by atoms with Crippen molar-refractivity contribution in [1.29, 1.82) is 0 Å². The van der Waals surface area contributed by atoms with Crippen LogP contribution in [0.15, 0.2) is 62.7 Å². The number of aryl methyl sites for hydroxylation is 1. The highest BCUT2D eigenvalue weighted by molar-refractivity contribution is 8.00. The minimum Gasteiger partial charge on any atom is -0.495 e. The fourth-order valence-electron chi connectivity index (χ4n) is 2.89. The number of carbonyl (C=O) groups is 1. The minimum atomic E-state index is -0.299. The summed E-state index contributed by atoms with van der Waals surface area (Å²) in [6.45, 7) is 1.97. The van der Waals surface area contributed by atoms with Crippen LogP contribution < -0.4 is 10.1 Å². The van der Waals surface area contributed by atoms with E-state index in [0.717, 1.165) is 21.0 Å². The van der Waals surface area contributed by atoms with Gasteiger partial charge in [0.15, 0.2) is 5.76 Å². The monoisotopic (exact) mass is 410 g/mol. The molecule has 7 heteroatoms. The van der Waals surface area contributed by atoms with E-state index in [1.165, 1.54) is 0 Å². The lowest BCUT2D eigenvalue weighted by atomic mass is 10.1. The highest BCUT2D eigenvalue weighted by Gasteiger charge is 2.22. The highest BCUT2D eigenvalue weighted by atomic mass is 32.2. The van der Waals surface area contributed by atoms with Crippen LogP contribution in [0.4, 0.5) is 5.69 Å². The van der Waals surface area contributed by atoms with Gasteiger partial charge < -0.3 is 14.5 Å². The van der Waals surface area contributed by atoms with Crippen LogP contribution in [-0.4, -0.2) is 18.0 Å². The van der Waals surface area contributed by atoms with Crippen molar-refractivity contribution >= 4 is 45.7 Å². The number of amides is 1. The topological polar surface area (TPSA) is 64.4 Å². The molecule has 0 atom stereocenters. The number of fused-ring (bicyclic) bond motifs is 1. The van der Waals surface area contributed by atoms with Crippen LogP contribution in [-0.2, 0) is 5.75 Å². The number of anilines is 1. The van der Waals surface area contributed by atoms with Gasteiger partial charge in [-0.3, -0.25) is 4.79 Å². The molecule has 1 N–H and O–H groups in total. The predicted molar refractivity (Wildman–Crippen MR) is 114 cm³/mol. The third-order valence-corrected chi connectivity index (χ3v) is 6.36. The van der Waals surface area contributed by atoms with Crippen LogP contribution in [0, 0.1) is 6.92 Å². The molecule has 0 saturated heterocycles. The van der Waals surface area contributed by atoms with Crippen molar-refractivity contribution in [3.8, 4) is 5.75 Å². The summed E-state index contributed by atoms with van der Waals surface area (Å²) in [5.74, 6) is 1.21. The average molecular weight is 411 g/mol. The third kappa shape index (κ3) is 3.76. The normalized spacial score (nSPS) is 10.9. The van der Waals surface area contributed by atoms with E-state index in [1.807, 2.05) is 48.7 Å². The molecule has 2 aromatic carbocycles. The molecule has 1 amide bonds. The molecule has 0 unspecified atom stereocenters. The van der Waals surface area contributed by atoms with E-state index < -0.39 is 0 Å². The van der Waals surface area contributed by atoms with Crippen molar-refractivity contribution in [2.45, 2.75) is 17.0 Å². The van der Waals surface area contributed by atoms with Gasteiger partial charge in [0.25, 0.3) is 5.91 Å². The van der Waals surface area contributed by atoms with Gasteiger partial charge in [0.2, 0.25) is 0 Å². The van der Waals surface area contributed by atoms with Gasteiger partial charge in [0, 0.05) is 27.8 Å². The maximum atomic E-state index is 13.0. The molecule has 142 valence electrons. The summed E-state index contributed by atoms with van der Waals surface area (Å²) in [6, 6.07) is 15.0. The van der Waals surface area contributed by atoms with Crippen LogP contribution in [0.5, 0.6) is 5.75 Å². The number of carbonyl (C=O) groups excluding carboxylic acids is 1. The largest absolute Gasteiger partial charge is 0.495 e. The van der Waals surface area contributed by atoms with E-state index in [0.29, 0.717) is 28.5 Å². The molecule has 0 aliphatic heterocycles. The zero-order valence-electron chi connectivity index (χ0n) is 15.4. The summed E-state index contributed by atoms with van der Waals surface area (Å²) >= 11 is 3.20. The van der Waals surface area contributed by atoms with Crippen LogP contribution in [0.3, 0.4) is 0 Å². The molecule has 2 heterocycles. The SMILES string of the molecule is COc1ccccc1NC(=O)c1oc2ccccc2c1CSc1nc(C)cs1. The van der Waals surface area contributed by atoms with Crippen LogP contribution in [0.2, 0.25) is 0 Å². The Bertz CT molecular complexity index is 1130. The van der Waals surface area contributed by atoms with Crippen molar-refractivity contribution in [3.63, 3.8) is 0 Å². The molecule has 0 spiro atoms. The number of aromatic nitrogens is 1. The number of thioether (sulfide) groups is 1. The molecular weight excluding hydrogens is 392 g/mol. The number of methoxy groups -OCH3 is 1. The summed E-state index contributed by atoms with van der Waals surface area (Å²) in [7, 11) is 1.57. The van der Waals surface area contributed by atoms with Crippen molar-refractivity contribution in [1.82, 2.24) is 4.98 Å². The summed E-state index contributed by atoms with van der Waals surface area (Å²) in [6.07, 6.45) is 0. The van der Waals surface area contributed by atoms with E-state index in [-0.39, 0.29) is 5.91 Å². The van der Waals surface area contributed by atoms with Crippen LogP contribution >= 0.6 is 23.1 Å². The number of rotatable bonds is 6. The van der Waals surface area contributed by atoms with Gasteiger partial charge in [0.1, 0.15) is 15.7 Å². The van der Waals surface area contributed by atoms with Gasteiger partial charge in [0.05, 0.1) is 12.8 Å². The molecule has 0 saturated carbocycles. The minimum absolute atomic E-state index is 0.299. The maximum Gasteiger partial charge on any atom is 0.291 e. The van der Waals surface area contributed by atoms with Crippen molar-refractivity contribution in [2.75, 3.05) is 12.4 Å². The fraction of sp³-hybridized carbons (Fsp3) is 0.143. The van der Waals surface area contributed by atoms with Crippen LogP contribution in [0.25, 0.3) is 11.0 Å². The molecule has 2 aromatic heterocycles. The van der Waals surface area contributed by atoms with E-state index in [1.54, 1.807) is 42.3 Å². The lowest BCUT2D eigenvalue weighted by Crippen LogP contribution is -2.13. The molecule has 4 rings (SSSR count). The molecule has 0 fully saturated rings. The van der Waals surface area contributed by atoms with E-state index in [4.69, 9.17) is 9.15 Å². The van der Waals surface area contributed by atoms with Gasteiger partial charge in [-0.25, -0.2) is 4.98 Å². The standard InChI is InChI=1S/C21H18N2O3S2/c1-13-11-27-21(22-13)28-12-15-14-7-3-5-9-17(14)26-19(15)20(24)23-16-8-4-6-10-18(16)25-2/h3-11H,12H2,1-2H3,(H,23,24). The number of ether oxygens (including phenoxy) is 1. The van der Waals surface area contributed by atoms with Gasteiger partial charge in [-0.15, -0.1) is 11.3 Å². The highest BCUT2D eigenvalue weighted by Crippen LogP contribution is 2.34. The maximum absolute atomic E-state index is 13.0. The Morgan fingerprint density at radius 3 is 2.79 bits per heavy atom. The fourth-order valence-corrected chi connectivity index (χ4v) is 4.76. The Hall–Kier alpha value is -2.77. The number of hydrogen-bond donors (Lipinski definition) is 1. The number of thiazole rings is 1. The molecule has 0 aliphatic carbocycles. The van der Waals surface area contributed by atoms with Gasteiger partial charge in [-0.2, -0.15) is 0 Å². The van der Waals surface area contributed by atoms with Gasteiger partial charge in [-0.05, 0) is 25.1 Å². The lowest BCUT2D eigenvalue weighted by Gasteiger charge is -2.09. The molecular formula is C21H18N2O3S2.